The Labute approximate surface area is 161 Å². The summed E-state index contributed by atoms with van der Waals surface area (Å²) in [4.78, 5) is 27.8. The highest BCUT2D eigenvalue weighted by Crippen LogP contribution is 2.23. The highest BCUT2D eigenvalue weighted by atomic mass is 32.2. The van der Waals surface area contributed by atoms with Gasteiger partial charge in [-0.2, -0.15) is 0 Å². The van der Waals surface area contributed by atoms with Gasteiger partial charge in [-0.3, -0.25) is 14.6 Å². The molecule has 8 heteroatoms. The fourth-order valence-electron chi connectivity index (χ4n) is 2.45. The monoisotopic (exact) mass is 381 g/mol. The molecular formula is C19H19N5O2S. The van der Waals surface area contributed by atoms with Crippen LogP contribution in [0.1, 0.15) is 24.2 Å². The number of nitrogens with zero attached hydrogens (tertiary/aromatic N) is 4. The zero-order valence-corrected chi connectivity index (χ0v) is 15.9. The SMILES string of the molecule is CCn1c(SCC(=O)Nc2ccccc2)nnc1-c1ccc(C(C)=O)cn1. The number of Topliss-reactive ketones (excluding diaryl/α,β-unsaturated/α-hetero) is 1. The predicted molar refractivity (Wildman–Crippen MR) is 105 cm³/mol. The molecule has 1 aromatic carbocycles. The van der Waals surface area contributed by atoms with Gasteiger partial charge in [0.2, 0.25) is 5.91 Å². The Morgan fingerprint density at radius 3 is 2.52 bits per heavy atom. The van der Waals surface area contributed by atoms with Crippen LogP contribution in [0.3, 0.4) is 0 Å². The molecule has 2 aromatic heterocycles. The van der Waals surface area contributed by atoms with Crippen molar-refractivity contribution < 1.29 is 9.59 Å². The average molecular weight is 381 g/mol. The van der Waals surface area contributed by atoms with Gasteiger partial charge in [0, 0.05) is 24.0 Å². The maximum Gasteiger partial charge on any atom is 0.234 e. The lowest BCUT2D eigenvalue weighted by Gasteiger charge is -2.07. The fraction of sp³-hybridized carbons (Fsp3) is 0.211. The molecule has 0 fully saturated rings. The van der Waals surface area contributed by atoms with Gasteiger partial charge in [-0.1, -0.05) is 30.0 Å². The molecule has 0 bridgehead atoms. The van der Waals surface area contributed by atoms with Crippen molar-refractivity contribution in [1.82, 2.24) is 19.7 Å². The lowest BCUT2D eigenvalue weighted by Crippen LogP contribution is -2.14. The van der Waals surface area contributed by atoms with Gasteiger partial charge < -0.3 is 9.88 Å². The number of benzene rings is 1. The number of para-hydroxylation sites is 1. The molecule has 7 nitrogen and oxygen atoms in total. The Bertz CT molecular complexity index is 938. The molecule has 0 aliphatic rings. The van der Waals surface area contributed by atoms with Gasteiger partial charge >= 0.3 is 0 Å². The summed E-state index contributed by atoms with van der Waals surface area (Å²) in [6, 6.07) is 12.8. The molecule has 27 heavy (non-hydrogen) atoms. The van der Waals surface area contributed by atoms with Gasteiger partial charge in [0.15, 0.2) is 16.8 Å². The summed E-state index contributed by atoms with van der Waals surface area (Å²) in [5, 5.41) is 11.9. The molecule has 0 saturated heterocycles. The molecule has 3 rings (SSSR count). The van der Waals surface area contributed by atoms with Crippen LogP contribution in [-0.4, -0.2) is 37.2 Å². The summed E-state index contributed by atoms with van der Waals surface area (Å²) < 4.78 is 1.90. The molecular weight excluding hydrogens is 362 g/mol. The first kappa shape index (κ1) is 18.8. The molecule has 0 unspecified atom stereocenters. The van der Waals surface area contributed by atoms with Gasteiger partial charge in [-0.25, -0.2) is 0 Å². The molecule has 2 heterocycles. The van der Waals surface area contributed by atoms with E-state index in [1.807, 2.05) is 41.8 Å². The van der Waals surface area contributed by atoms with Crippen molar-refractivity contribution >= 4 is 29.1 Å². The summed E-state index contributed by atoms with van der Waals surface area (Å²) in [7, 11) is 0. The number of pyridine rings is 1. The maximum absolute atomic E-state index is 12.1. The Morgan fingerprint density at radius 1 is 1.11 bits per heavy atom. The number of ketones is 1. The van der Waals surface area contributed by atoms with E-state index < -0.39 is 0 Å². The van der Waals surface area contributed by atoms with E-state index in [1.54, 1.807) is 12.1 Å². The number of amides is 1. The van der Waals surface area contributed by atoms with E-state index >= 15 is 0 Å². The lowest BCUT2D eigenvalue weighted by molar-refractivity contribution is -0.113. The zero-order valence-electron chi connectivity index (χ0n) is 15.0. The van der Waals surface area contributed by atoms with Crippen molar-refractivity contribution in [2.24, 2.45) is 0 Å². The molecule has 1 amide bonds. The van der Waals surface area contributed by atoms with Crippen molar-refractivity contribution in [1.29, 1.82) is 0 Å². The van der Waals surface area contributed by atoms with E-state index in [-0.39, 0.29) is 17.4 Å². The van der Waals surface area contributed by atoms with Crippen LogP contribution in [-0.2, 0) is 11.3 Å². The molecule has 0 radical (unpaired) electrons. The van der Waals surface area contributed by atoms with Crippen molar-refractivity contribution in [3.05, 3.63) is 54.2 Å². The number of hydrogen-bond donors (Lipinski definition) is 1. The number of carbonyl (C=O) groups excluding carboxylic acids is 2. The van der Waals surface area contributed by atoms with E-state index in [0.717, 1.165) is 5.69 Å². The first-order valence-electron chi connectivity index (χ1n) is 8.46. The second-order valence-electron chi connectivity index (χ2n) is 5.74. The number of rotatable bonds is 7. The third-order valence-corrected chi connectivity index (χ3v) is 4.79. The standard InChI is InChI=1S/C19H19N5O2S/c1-3-24-18(16-10-9-14(11-20-16)13(2)25)22-23-19(24)27-12-17(26)21-15-7-5-4-6-8-15/h4-11H,3,12H2,1-2H3,(H,21,26). The largest absolute Gasteiger partial charge is 0.325 e. The number of hydrogen-bond acceptors (Lipinski definition) is 6. The first-order chi connectivity index (χ1) is 13.1. The smallest absolute Gasteiger partial charge is 0.234 e. The molecule has 0 atom stereocenters. The Balaban J connectivity index is 1.70. The summed E-state index contributed by atoms with van der Waals surface area (Å²) >= 11 is 1.32. The topological polar surface area (TPSA) is 89.8 Å². The normalized spacial score (nSPS) is 10.6. The van der Waals surface area contributed by atoms with Gasteiger partial charge in [-0.05, 0) is 38.1 Å². The molecule has 0 aliphatic carbocycles. The van der Waals surface area contributed by atoms with Crippen LogP contribution in [0.2, 0.25) is 0 Å². The second kappa shape index (κ2) is 8.59. The van der Waals surface area contributed by atoms with Gasteiger partial charge in [-0.15, -0.1) is 10.2 Å². The minimum absolute atomic E-state index is 0.0355. The lowest BCUT2D eigenvalue weighted by atomic mass is 10.2. The molecule has 138 valence electrons. The third-order valence-electron chi connectivity index (χ3n) is 3.82. The van der Waals surface area contributed by atoms with Crippen molar-refractivity contribution in [3.8, 4) is 11.5 Å². The third kappa shape index (κ3) is 4.59. The Morgan fingerprint density at radius 2 is 1.89 bits per heavy atom. The van der Waals surface area contributed by atoms with E-state index in [1.165, 1.54) is 24.9 Å². The summed E-state index contributed by atoms with van der Waals surface area (Å²) in [5.74, 6) is 0.691. The van der Waals surface area contributed by atoms with Gasteiger partial charge in [0.1, 0.15) is 5.69 Å². The van der Waals surface area contributed by atoms with E-state index in [9.17, 15) is 9.59 Å². The Hall–Kier alpha value is -3.00. The first-order valence-corrected chi connectivity index (χ1v) is 9.45. The number of aromatic nitrogens is 4. The molecule has 0 aliphatic heterocycles. The Kier molecular flexibility index (Phi) is 5.97. The number of anilines is 1. The number of nitrogens with one attached hydrogen (secondary N) is 1. The predicted octanol–water partition coefficient (Wildman–Crippen LogP) is 3.29. The minimum atomic E-state index is -0.109. The quantitative estimate of drug-likeness (QED) is 0.499. The van der Waals surface area contributed by atoms with Crippen LogP contribution in [0.5, 0.6) is 0 Å². The van der Waals surface area contributed by atoms with Crippen LogP contribution >= 0.6 is 11.8 Å². The van der Waals surface area contributed by atoms with Gasteiger partial charge in [0.05, 0.1) is 5.75 Å². The highest BCUT2D eigenvalue weighted by molar-refractivity contribution is 7.99. The van der Waals surface area contributed by atoms with Crippen LogP contribution in [0, 0.1) is 0 Å². The van der Waals surface area contributed by atoms with Gasteiger partial charge in [0.25, 0.3) is 0 Å². The van der Waals surface area contributed by atoms with Crippen LogP contribution < -0.4 is 5.32 Å². The zero-order chi connectivity index (χ0) is 19.2. The van der Waals surface area contributed by atoms with E-state index in [0.29, 0.717) is 28.8 Å². The number of carbonyl (C=O) groups is 2. The average Bonchev–Trinajstić information content (AvgIpc) is 3.10. The molecule has 3 aromatic rings. The summed E-state index contributed by atoms with van der Waals surface area (Å²) in [6.07, 6.45) is 1.53. The van der Waals surface area contributed by atoms with E-state index in [4.69, 9.17) is 0 Å². The fourth-order valence-corrected chi connectivity index (χ4v) is 3.26. The summed E-state index contributed by atoms with van der Waals surface area (Å²) in [6.45, 7) is 4.12. The number of thioether (sulfide) groups is 1. The highest BCUT2D eigenvalue weighted by Gasteiger charge is 2.16. The minimum Gasteiger partial charge on any atom is -0.325 e. The summed E-state index contributed by atoms with van der Waals surface area (Å²) in [5.41, 5.74) is 1.94. The molecule has 1 N–H and O–H groups in total. The molecule has 0 spiro atoms. The van der Waals surface area contributed by atoms with Crippen molar-refractivity contribution in [2.75, 3.05) is 11.1 Å². The maximum atomic E-state index is 12.1. The van der Waals surface area contributed by atoms with Crippen LogP contribution in [0.4, 0.5) is 5.69 Å². The van der Waals surface area contributed by atoms with Crippen LogP contribution in [0.25, 0.3) is 11.5 Å². The van der Waals surface area contributed by atoms with Crippen molar-refractivity contribution in [2.45, 2.75) is 25.5 Å². The molecule has 0 saturated carbocycles. The van der Waals surface area contributed by atoms with Crippen LogP contribution in [0.15, 0.2) is 53.8 Å². The van der Waals surface area contributed by atoms with Crippen molar-refractivity contribution in [3.63, 3.8) is 0 Å². The second-order valence-corrected chi connectivity index (χ2v) is 6.68. The van der Waals surface area contributed by atoms with E-state index in [2.05, 4.69) is 20.5 Å².